The highest BCUT2D eigenvalue weighted by Gasteiger charge is 2.26. The average molecular weight is 237 g/mol. The molecule has 4 nitrogen and oxygen atoms in total. The monoisotopic (exact) mass is 236 g/mol. The van der Waals surface area contributed by atoms with Gasteiger partial charge in [-0.05, 0) is 24.1 Å². The van der Waals surface area contributed by atoms with Crippen LogP contribution >= 0.6 is 11.6 Å². The van der Waals surface area contributed by atoms with E-state index < -0.39 is 0 Å². The first-order chi connectivity index (χ1) is 7.84. The molecule has 0 spiro atoms. The second-order valence-electron chi connectivity index (χ2n) is 3.63. The van der Waals surface area contributed by atoms with Crippen LogP contribution < -0.4 is 4.74 Å². The number of hydrogen-bond donors (Lipinski definition) is 0. The number of fused-ring (bicyclic) bond motifs is 1. The highest BCUT2D eigenvalue weighted by Crippen LogP contribution is 2.36. The zero-order valence-electron chi connectivity index (χ0n) is 8.39. The van der Waals surface area contributed by atoms with E-state index in [4.69, 9.17) is 20.9 Å². The Bertz CT molecular complexity index is 512. The number of rotatable bonds is 1. The minimum absolute atomic E-state index is 0.0824. The second kappa shape index (κ2) is 3.79. The Labute approximate surface area is 97.2 Å². The van der Waals surface area contributed by atoms with Crippen molar-refractivity contribution in [1.82, 2.24) is 10.1 Å². The predicted octanol–water partition coefficient (Wildman–Crippen LogP) is 2.64. The Hall–Kier alpha value is -1.55. The molecule has 0 saturated carbocycles. The van der Waals surface area contributed by atoms with Gasteiger partial charge >= 0.3 is 5.35 Å². The first-order valence-corrected chi connectivity index (χ1v) is 5.43. The van der Waals surface area contributed by atoms with Gasteiger partial charge in [0.25, 0.3) is 0 Å². The van der Waals surface area contributed by atoms with Gasteiger partial charge in [0.15, 0.2) is 5.82 Å². The van der Waals surface area contributed by atoms with E-state index in [2.05, 4.69) is 10.1 Å². The summed E-state index contributed by atoms with van der Waals surface area (Å²) in [4.78, 5) is 4.07. The Morgan fingerprint density at radius 3 is 3.00 bits per heavy atom. The van der Waals surface area contributed by atoms with Gasteiger partial charge in [-0.3, -0.25) is 0 Å². The van der Waals surface area contributed by atoms with Gasteiger partial charge in [-0.2, -0.15) is 4.98 Å². The number of benzene rings is 1. The maximum absolute atomic E-state index is 5.64. The molecule has 0 amide bonds. The Morgan fingerprint density at radius 2 is 2.19 bits per heavy atom. The second-order valence-corrected chi connectivity index (χ2v) is 3.96. The molecule has 82 valence electrons. The molecule has 5 heteroatoms. The molecule has 16 heavy (non-hydrogen) atoms. The molecular formula is C11H9ClN2O2. The minimum Gasteiger partial charge on any atom is -0.493 e. The number of para-hydroxylation sites is 1. The quantitative estimate of drug-likeness (QED) is 0.764. The minimum atomic E-state index is 0.0824. The molecule has 0 bridgehead atoms. The van der Waals surface area contributed by atoms with Gasteiger partial charge in [-0.25, -0.2) is 0 Å². The molecule has 1 aliphatic rings. The Kier molecular flexibility index (Phi) is 2.29. The Balaban J connectivity index is 2.04. The smallest absolute Gasteiger partial charge is 0.320 e. The fourth-order valence-corrected chi connectivity index (χ4v) is 2.09. The summed E-state index contributed by atoms with van der Waals surface area (Å²) in [5.74, 6) is 1.63. The Morgan fingerprint density at radius 1 is 1.31 bits per heavy atom. The number of aromatic nitrogens is 2. The van der Waals surface area contributed by atoms with Crippen molar-refractivity contribution in [3.05, 3.63) is 41.0 Å². The summed E-state index contributed by atoms with van der Waals surface area (Å²) in [6.07, 6.45) is 0.840. The fraction of sp³-hybridized carbons (Fsp3) is 0.273. The lowest BCUT2D eigenvalue weighted by Crippen LogP contribution is -2.16. The van der Waals surface area contributed by atoms with E-state index >= 15 is 0 Å². The number of halogens is 1. The van der Waals surface area contributed by atoms with E-state index in [1.807, 2.05) is 24.3 Å². The molecule has 2 aromatic rings. The van der Waals surface area contributed by atoms with E-state index in [1.54, 1.807) is 0 Å². The van der Waals surface area contributed by atoms with Crippen molar-refractivity contribution in [2.75, 3.05) is 6.61 Å². The lowest BCUT2D eigenvalue weighted by Gasteiger charge is -2.23. The van der Waals surface area contributed by atoms with Gasteiger partial charge in [0.1, 0.15) is 5.75 Å². The average Bonchev–Trinajstić information content (AvgIpc) is 2.75. The molecular weight excluding hydrogens is 228 g/mol. The van der Waals surface area contributed by atoms with Crippen molar-refractivity contribution < 1.29 is 9.26 Å². The van der Waals surface area contributed by atoms with Crippen LogP contribution in [0.2, 0.25) is 5.35 Å². The molecule has 3 rings (SSSR count). The summed E-state index contributed by atoms with van der Waals surface area (Å²) in [7, 11) is 0. The molecule has 1 atom stereocenters. The van der Waals surface area contributed by atoms with Crippen molar-refractivity contribution in [1.29, 1.82) is 0 Å². The van der Waals surface area contributed by atoms with Gasteiger partial charge in [0, 0.05) is 5.56 Å². The first-order valence-electron chi connectivity index (χ1n) is 5.05. The molecule has 0 N–H and O–H groups in total. The van der Waals surface area contributed by atoms with Gasteiger partial charge < -0.3 is 9.26 Å². The van der Waals surface area contributed by atoms with Gasteiger partial charge in [-0.1, -0.05) is 23.4 Å². The molecule has 1 aromatic heterocycles. The van der Waals surface area contributed by atoms with Gasteiger partial charge in [0.05, 0.1) is 12.5 Å². The maximum Gasteiger partial charge on any atom is 0.320 e. The van der Waals surface area contributed by atoms with Crippen molar-refractivity contribution in [3.8, 4) is 5.75 Å². The zero-order valence-corrected chi connectivity index (χ0v) is 9.15. The summed E-state index contributed by atoms with van der Waals surface area (Å²) in [6.45, 7) is 0.661. The van der Waals surface area contributed by atoms with Crippen LogP contribution in [0.15, 0.2) is 28.8 Å². The summed E-state index contributed by atoms with van der Waals surface area (Å²) < 4.78 is 10.4. The summed E-state index contributed by atoms with van der Waals surface area (Å²) >= 11 is 5.64. The van der Waals surface area contributed by atoms with Crippen molar-refractivity contribution in [3.63, 3.8) is 0 Å². The molecule has 0 aliphatic carbocycles. The van der Waals surface area contributed by atoms with Crippen molar-refractivity contribution >= 4 is 11.6 Å². The van der Waals surface area contributed by atoms with Gasteiger partial charge in [-0.15, -0.1) is 0 Å². The van der Waals surface area contributed by atoms with Crippen LogP contribution in [0.1, 0.15) is 23.7 Å². The molecule has 0 radical (unpaired) electrons. The van der Waals surface area contributed by atoms with E-state index in [9.17, 15) is 0 Å². The molecule has 1 unspecified atom stereocenters. The number of hydrogen-bond acceptors (Lipinski definition) is 4. The third-order valence-corrected chi connectivity index (χ3v) is 2.84. The fourth-order valence-electron chi connectivity index (χ4n) is 1.97. The van der Waals surface area contributed by atoms with E-state index in [0.717, 1.165) is 17.7 Å². The molecule has 1 aliphatic heterocycles. The van der Waals surface area contributed by atoms with Crippen LogP contribution in [0, 0.1) is 0 Å². The van der Waals surface area contributed by atoms with Crippen LogP contribution in [0.4, 0.5) is 0 Å². The molecule has 0 saturated heterocycles. The van der Waals surface area contributed by atoms with Gasteiger partial charge in [0.2, 0.25) is 0 Å². The predicted molar refractivity (Wildman–Crippen MR) is 57.7 cm³/mol. The molecule has 0 fully saturated rings. The number of ether oxygens (including phenoxy) is 1. The normalized spacial score (nSPS) is 18.9. The maximum atomic E-state index is 5.64. The third-order valence-electron chi connectivity index (χ3n) is 2.69. The van der Waals surface area contributed by atoms with E-state index in [-0.39, 0.29) is 11.3 Å². The highest BCUT2D eigenvalue weighted by atomic mass is 35.5. The summed E-state index contributed by atoms with van der Waals surface area (Å²) in [5, 5.41) is 3.95. The topological polar surface area (TPSA) is 48.2 Å². The zero-order chi connectivity index (χ0) is 11.0. The highest BCUT2D eigenvalue weighted by molar-refractivity contribution is 6.27. The van der Waals surface area contributed by atoms with E-state index in [1.165, 1.54) is 0 Å². The van der Waals surface area contributed by atoms with Crippen LogP contribution in [0.25, 0.3) is 0 Å². The van der Waals surface area contributed by atoms with Crippen LogP contribution in [-0.4, -0.2) is 16.7 Å². The van der Waals surface area contributed by atoms with Crippen LogP contribution in [0.3, 0.4) is 0 Å². The van der Waals surface area contributed by atoms with E-state index in [0.29, 0.717) is 12.4 Å². The van der Waals surface area contributed by atoms with Crippen molar-refractivity contribution in [2.45, 2.75) is 12.3 Å². The largest absolute Gasteiger partial charge is 0.493 e. The lowest BCUT2D eigenvalue weighted by atomic mass is 9.93. The lowest BCUT2D eigenvalue weighted by molar-refractivity contribution is 0.272. The first kappa shape index (κ1) is 9.66. The number of nitrogens with zero attached hydrogens (tertiary/aromatic N) is 2. The standard InChI is InChI=1S/C11H9ClN2O2/c12-11-13-10(14-16-11)8-5-6-15-9-4-2-1-3-7(8)9/h1-4,8H,5-6H2. The third kappa shape index (κ3) is 1.55. The van der Waals surface area contributed by atoms with Crippen LogP contribution in [0.5, 0.6) is 5.75 Å². The SMILES string of the molecule is Clc1nc(C2CCOc3ccccc32)no1. The van der Waals surface area contributed by atoms with Crippen molar-refractivity contribution in [2.24, 2.45) is 0 Å². The summed E-state index contributed by atoms with van der Waals surface area (Å²) in [6, 6.07) is 7.89. The molecule has 1 aromatic carbocycles. The summed E-state index contributed by atoms with van der Waals surface area (Å²) in [5.41, 5.74) is 1.09. The van der Waals surface area contributed by atoms with Crippen LogP contribution in [-0.2, 0) is 0 Å². The molecule has 2 heterocycles.